The molecule has 0 unspecified atom stereocenters. The predicted molar refractivity (Wildman–Crippen MR) is 82.5 cm³/mol. The molecule has 0 aliphatic rings. The number of hydrogen-bond donors (Lipinski definition) is 0. The Morgan fingerprint density at radius 2 is 1.67 bits per heavy atom. The molecule has 0 bridgehead atoms. The standard InChI is InChI=1S/C15H17NS2/c1-3-17-14-10-13(11-16-15(14)18-4-2)12-8-6-5-7-9-12/h5-11H,3-4H2,1-2H3. The first kappa shape index (κ1) is 13.5. The van der Waals surface area contributed by atoms with Crippen LogP contribution < -0.4 is 0 Å². The van der Waals surface area contributed by atoms with Crippen LogP contribution in [0.15, 0.2) is 52.5 Å². The molecule has 2 aromatic rings. The third kappa shape index (κ3) is 3.30. The molecular formula is C15H17NS2. The number of nitrogens with zero attached hydrogens (tertiary/aromatic N) is 1. The van der Waals surface area contributed by atoms with Crippen molar-refractivity contribution in [2.24, 2.45) is 0 Å². The zero-order chi connectivity index (χ0) is 12.8. The molecule has 0 radical (unpaired) electrons. The topological polar surface area (TPSA) is 12.9 Å². The Morgan fingerprint density at radius 3 is 2.33 bits per heavy atom. The van der Waals surface area contributed by atoms with E-state index < -0.39 is 0 Å². The molecule has 0 saturated heterocycles. The number of benzene rings is 1. The summed E-state index contributed by atoms with van der Waals surface area (Å²) in [5, 5.41) is 1.16. The van der Waals surface area contributed by atoms with E-state index in [9.17, 15) is 0 Å². The average Bonchev–Trinajstić information content (AvgIpc) is 2.42. The van der Waals surface area contributed by atoms with Crippen LogP contribution in [0, 0.1) is 0 Å². The molecule has 1 aromatic carbocycles. The second-order valence-corrected chi connectivity index (χ2v) is 6.32. The Labute approximate surface area is 117 Å². The van der Waals surface area contributed by atoms with Crippen molar-refractivity contribution in [2.45, 2.75) is 23.8 Å². The van der Waals surface area contributed by atoms with E-state index in [4.69, 9.17) is 0 Å². The van der Waals surface area contributed by atoms with Gasteiger partial charge in [0.05, 0.1) is 0 Å². The highest BCUT2D eigenvalue weighted by Gasteiger charge is 2.07. The Hall–Kier alpha value is -0.930. The Bertz CT molecular complexity index is 497. The minimum Gasteiger partial charge on any atom is -0.248 e. The van der Waals surface area contributed by atoms with E-state index in [2.05, 4.69) is 49.2 Å². The molecule has 3 heteroatoms. The lowest BCUT2D eigenvalue weighted by Crippen LogP contribution is -1.88. The summed E-state index contributed by atoms with van der Waals surface area (Å²) in [5.74, 6) is 2.14. The van der Waals surface area contributed by atoms with E-state index in [1.165, 1.54) is 16.0 Å². The summed E-state index contributed by atoms with van der Waals surface area (Å²) in [5.41, 5.74) is 2.43. The van der Waals surface area contributed by atoms with Gasteiger partial charge in [0.1, 0.15) is 5.03 Å². The number of thioether (sulfide) groups is 2. The summed E-state index contributed by atoms with van der Waals surface area (Å²) >= 11 is 3.68. The van der Waals surface area contributed by atoms with Gasteiger partial charge in [-0.1, -0.05) is 44.2 Å². The van der Waals surface area contributed by atoms with E-state index in [1.807, 2.05) is 35.8 Å². The summed E-state index contributed by atoms with van der Waals surface area (Å²) in [7, 11) is 0. The van der Waals surface area contributed by atoms with Crippen molar-refractivity contribution >= 4 is 23.5 Å². The first-order chi connectivity index (χ1) is 8.85. The molecule has 0 amide bonds. The van der Waals surface area contributed by atoms with Gasteiger partial charge >= 0.3 is 0 Å². The van der Waals surface area contributed by atoms with Crippen molar-refractivity contribution in [3.63, 3.8) is 0 Å². The van der Waals surface area contributed by atoms with E-state index in [-0.39, 0.29) is 0 Å². The maximum Gasteiger partial charge on any atom is 0.110 e. The van der Waals surface area contributed by atoms with Crippen LogP contribution in [0.25, 0.3) is 11.1 Å². The van der Waals surface area contributed by atoms with E-state index >= 15 is 0 Å². The third-order valence-electron chi connectivity index (χ3n) is 2.51. The fourth-order valence-electron chi connectivity index (χ4n) is 1.72. The molecule has 0 aliphatic carbocycles. The summed E-state index contributed by atoms with van der Waals surface area (Å²) in [6.07, 6.45) is 1.98. The minimum atomic E-state index is 1.06. The fourth-order valence-corrected chi connectivity index (χ4v) is 3.38. The molecule has 1 nitrogen and oxygen atoms in total. The van der Waals surface area contributed by atoms with E-state index in [1.54, 1.807) is 0 Å². The summed E-state index contributed by atoms with van der Waals surface area (Å²) in [6.45, 7) is 4.35. The molecule has 94 valence electrons. The SMILES string of the molecule is CCSc1cc(-c2ccccc2)cnc1SCC. The van der Waals surface area contributed by atoms with Crippen LogP contribution in [-0.4, -0.2) is 16.5 Å². The van der Waals surface area contributed by atoms with Gasteiger partial charge < -0.3 is 0 Å². The minimum absolute atomic E-state index is 1.06. The zero-order valence-electron chi connectivity index (χ0n) is 10.7. The van der Waals surface area contributed by atoms with Crippen LogP contribution in [0.1, 0.15) is 13.8 Å². The van der Waals surface area contributed by atoms with Gasteiger partial charge in [0.2, 0.25) is 0 Å². The molecule has 0 aliphatic heterocycles. The molecule has 0 N–H and O–H groups in total. The molecule has 0 saturated carbocycles. The summed E-state index contributed by atoms with van der Waals surface area (Å²) < 4.78 is 0. The second-order valence-electron chi connectivity index (χ2n) is 3.76. The maximum atomic E-state index is 4.61. The normalized spacial score (nSPS) is 10.6. The third-order valence-corrected chi connectivity index (χ3v) is 4.43. The van der Waals surface area contributed by atoms with Gasteiger partial charge in [-0.2, -0.15) is 0 Å². The van der Waals surface area contributed by atoms with E-state index in [0.717, 1.165) is 16.5 Å². The van der Waals surface area contributed by atoms with Gasteiger partial charge in [0, 0.05) is 16.7 Å². The van der Waals surface area contributed by atoms with Gasteiger partial charge in [-0.05, 0) is 23.1 Å². The Kier molecular flexibility index (Phi) is 5.14. The van der Waals surface area contributed by atoms with Gasteiger partial charge in [0.25, 0.3) is 0 Å². The number of aromatic nitrogens is 1. The van der Waals surface area contributed by atoms with Crippen LogP contribution in [0.3, 0.4) is 0 Å². The zero-order valence-corrected chi connectivity index (χ0v) is 12.4. The van der Waals surface area contributed by atoms with Gasteiger partial charge in [-0.3, -0.25) is 0 Å². The van der Waals surface area contributed by atoms with Crippen LogP contribution >= 0.6 is 23.5 Å². The van der Waals surface area contributed by atoms with Crippen molar-refractivity contribution in [1.82, 2.24) is 4.98 Å². The predicted octanol–water partition coefficient (Wildman–Crippen LogP) is 4.97. The van der Waals surface area contributed by atoms with Crippen LogP contribution in [0.5, 0.6) is 0 Å². The van der Waals surface area contributed by atoms with Crippen molar-refractivity contribution in [3.8, 4) is 11.1 Å². The van der Waals surface area contributed by atoms with Crippen LogP contribution in [-0.2, 0) is 0 Å². The highest BCUT2D eigenvalue weighted by atomic mass is 32.2. The molecule has 1 aromatic heterocycles. The molecule has 2 rings (SSSR count). The van der Waals surface area contributed by atoms with Gasteiger partial charge in [0.15, 0.2) is 0 Å². The molecule has 18 heavy (non-hydrogen) atoms. The monoisotopic (exact) mass is 275 g/mol. The molecule has 0 atom stereocenters. The number of hydrogen-bond acceptors (Lipinski definition) is 3. The highest BCUT2D eigenvalue weighted by molar-refractivity contribution is 8.02. The molecular weight excluding hydrogens is 258 g/mol. The van der Waals surface area contributed by atoms with Crippen molar-refractivity contribution in [2.75, 3.05) is 11.5 Å². The largest absolute Gasteiger partial charge is 0.248 e. The Balaban J connectivity index is 2.36. The number of rotatable bonds is 5. The number of pyridine rings is 1. The molecule has 0 fully saturated rings. The first-order valence-corrected chi connectivity index (χ1v) is 8.13. The molecule has 0 spiro atoms. The average molecular weight is 275 g/mol. The van der Waals surface area contributed by atoms with Crippen LogP contribution in [0.4, 0.5) is 0 Å². The second kappa shape index (κ2) is 6.86. The lowest BCUT2D eigenvalue weighted by atomic mass is 10.1. The summed E-state index contributed by atoms with van der Waals surface area (Å²) in [4.78, 5) is 5.90. The van der Waals surface area contributed by atoms with E-state index in [0.29, 0.717) is 0 Å². The summed E-state index contributed by atoms with van der Waals surface area (Å²) in [6, 6.07) is 12.7. The first-order valence-electron chi connectivity index (χ1n) is 6.16. The lowest BCUT2D eigenvalue weighted by Gasteiger charge is -2.09. The van der Waals surface area contributed by atoms with Crippen molar-refractivity contribution in [1.29, 1.82) is 0 Å². The lowest BCUT2D eigenvalue weighted by molar-refractivity contribution is 1.04. The van der Waals surface area contributed by atoms with Gasteiger partial charge in [-0.25, -0.2) is 4.98 Å². The Morgan fingerprint density at radius 1 is 0.944 bits per heavy atom. The van der Waals surface area contributed by atoms with Crippen molar-refractivity contribution < 1.29 is 0 Å². The highest BCUT2D eigenvalue weighted by Crippen LogP contribution is 2.32. The van der Waals surface area contributed by atoms with Crippen LogP contribution in [0.2, 0.25) is 0 Å². The van der Waals surface area contributed by atoms with Crippen molar-refractivity contribution in [3.05, 3.63) is 42.6 Å². The van der Waals surface area contributed by atoms with Gasteiger partial charge in [-0.15, -0.1) is 23.5 Å². The fraction of sp³-hybridized carbons (Fsp3) is 0.267. The maximum absolute atomic E-state index is 4.61. The smallest absolute Gasteiger partial charge is 0.110 e. The quantitative estimate of drug-likeness (QED) is 0.715. The molecule has 1 heterocycles.